The molecule has 0 atom stereocenters. The van der Waals surface area contributed by atoms with Gasteiger partial charge in [0.1, 0.15) is 17.2 Å². The van der Waals surface area contributed by atoms with Crippen molar-refractivity contribution in [3.05, 3.63) is 58.8 Å². The smallest absolute Gasteiger partial charge is 0.132 e. The van der Waals surface area contributed by atoms with E-state index < -0.39 is 0 Å². The van der Waals surface area contributed by atoms with Crippen molar-refractivity contribution in [2.45, 2.75) is 13.2 Å². The molecule has 0 bridgehead atoms. The van der Waals surface area contributed by atoms with Crippen LogP contribution >= 0.6 is 11.3 Å². The number of anilines is 1. The molecule has 0 amide bonds. The number of methoxy groups -OCH3 is 1. The van der Waals surface area contributed by atoms with E-state index in [2.05, 4.69) is 32.4 Å². The molecular formula is C17H18N4OS. The van der Waals surface area contributed by atoms with Crippen LogP contribution in [0.5, 0.6) is 0 Å². The molecule has 2 aromatic heterocycles. The predicted molar refractivity (Wildman–Crippen MR) is 92.4 cm³/mol. The monoisotopic (exact) mass is 326 g/mol. The molecule has 23 heavy (non-hydrogen) atoms. The Labute approximate surface area is 139 Å². The van der Waals surface area contributed by atoms with Crippen LogP contribution in [0.1, 0.15) is 10.7 Å². The molecule has 0 fully saturated rings. The fourth-order valence-electron chi connectivity index (χ4n) is 2.23. The van der Waals surface area contributed by atoms with Crippen LogP contribution in [0, 0.1) is 0 Å². The van der Waals surface area contributed by atoms with Crippen LogP contribution in [0.25, 0.3) is 11.3 Å². The van der Waals surface area contributed by atoms with E-state index in [1.54, 1.807) is 24.8 Å². The van der Waals surface area contributed by atoms with Crippen molar-refractivity contribution in [1.29, 1.82) is 0 Å². The van der Waals surface area contributed by atoms with E-state index in [0.29, 0.717) is 13.2 Å². The minimum Gasteiger partial charge on any atom is -0.378 e. The Morgan fingerprint density at radius 3 is 2.78 bits per heavy atom. The van der Waals surface area contributed by atoms with Gasteiger partial charge in [-0.2, -0.15) is 0 Å². The molecule has 3 aromatic rings. The van der Waals surface area contributed by atoms with E-state index in [1.807, 2.05) is 31.3 Å². The second-order valence-electron chi connectivity index (χ2n) is 5.15. The standard InChI is InChI=1S/C17H18N4OS/c1-21(16-8-14(10-22-2)18-12-19-16)9-17-20-15(11-23-17)13-6-4-3-5-7-13/h3-8,11-12H,9-10H2,1-2H3. The molecule has 0 N–H and O–H groups in total. The van der Waals surface area contributed by atoms with Crippen LogP contribution in [0.4, 0.5) is 5.82 Å². The zero-order valence-electron chi connectivity index (χ0n) is 13.1. The van der Waals surface area contributed by atoms with E-state index in [9.17, 15) is 0 Å². The normalized spacial score (nSPS) is 10.7. The lowest BCUT2D eigenvalue weighted by molar-refractivity contribution is 0.181. The maximum Gasteiger partial charge on any atom is 0.132 e. The van der Waals surface area contributed by atoms with Gasteiger partial charge in [0.15, 0.2) is 0 Å². The van der Waals surface area contributed by atoms with E-state index in [-0.39, 0.29) is 0 Å². The summed E-state index contributed by atoms with van der Waals surface area (Å²) >= 11 is 1.66. The highest BCUT2D eigenvalue weighted by molar-refractivity contribution is 7.10. The van der Waals surface area contributed by atoms with E-state index in [1.165, 1.54) is 0 Å². The van der Waals surface area contributed by atoms with Gasteiger partial charge in [-0.1, -0.05) is 30.3 Å². The molecule has 118 valence electrons. The number of hydrogen-bond acceptors (Lipinski definition) is 6. The average molecular weight is 326 g/mol. The summed E-state index contributed by atoms with van der Waals surface area (Å²) in [7, 11) is 3.66. The van der Waals surface area contributed by atoms with Crippen LogP contribution in [0.2, 0.25) is 0 Å². The zero-order chi connectivity index (χ0) is 16.1. The molecule has 0 aliphatic rings. The first-order valence-electron chi connectivity index (χ1n) is 7.27. The third-order valence-corrected chi connectivity index (χ3v) is 4.22. The van der Waals surface area contributed by atoms with Gasteiger partial charge in [0.25, 0.3) is 0 Å². The van der Waals surface area contributed by atoms with Gasteiger partial charge >= 0.3 is 0 Å². The number of nitrogens with zero attached hydrogens (tertiary/aromatic N) is 4. The third-order valence-electron chi connectivity index (χ3n) is 3.39. The molecule has 0 spiro atoms. The first-order chi connectivity index (χ1) is 11.3. The van der Waals surface area contributed by atoms with Gasteiger partial charge in [-0.3, -0.25) is 0 Å². The first kappa shape index (κ1) is 15.6. The number of aromatic nitrogens is 3. The van der Waals surface area contributed by atoms with Crippen molar-refractivity contribution in [2.75, 3.05) is 19.1 Å². The van der Waals surface area contributed by atoms with Gasteiger partial charge < -0.3 is 9.64 Å². The molecule has 3 rings (SSSR count). The van der Waals surface area contributed by atoms with Crippen molar-refractivity contribution in [1.82, 2.24) is 15.0 Å². The molecule has 0 aliphatic heterocycles. The van der Waals surface area contributed by atoms with Gasteiger partial charge in [-0.05, 0) is 0 Å². The summed E-state index contributed by atoms with van der Waals surface area (Å²) in [6.07, 6.45) is 1.57. The second kappa shape index (κ2) is 7.30. The number of benzene rings is 1. The Bertz CT molecular complexity index is 760. The summed E-state index contributed by atoms with van der Waals surface area (Å²) in [6.45, 7) is 1.19. The Balaban J connectivity index is 1.72. The number of hydrogen-bond donors (Lipinski definition) is 0. The van der Waals surface area contributed by atoms with Gasteiger partial charge in [0, 0.05) is 31.2 Å². The topological polar surface area (TPSA) is 51.1 Å². The van der Waals surface area contributed by atoms with Crippen LogP contribution in [-0.4, -0.2) is 29.1 Å². The highest BCUT2D eigenvalue weighted by Gasteiger charge is 2.09. The summed E-state index contributed by atoms with van der Waals surface area (Å²) in [4.78, 5) is 15.3. The van der Waals surface area contributed by atoms with Crippen molar-refractivity contribution in [3.8, 4) is 11.3 Å². The molecule has 0 saturated heterocycles. The summed E-state index contributed by atoms with van der Waals surface area (Å²) in [6, 6.07) is 12.2. The van der Waals surface area contributed by atoms with Crippen LogP contribution in [0.15, 0.2) is 48.1 Å². The maximum atomic E-state index is 5.11. The summed E-state index contributed by atoms with van der Waals surface area (Å²) < 4.78 is 5.11. The fourth-order valence-corrected chi connectivity index (χ4v) is 3.09. The Kier molecular flexibility index (Phi) is 4.95. The van der Waals surface area contributed by atoms with Crippen molar-refractivity contribution in [3.63, 3.8) is 0 Å². The Hall–Kier alpha value is -2.31. The van der Waals surface area contributed by atoms with Crippen molar-refractivity contribution >= 4 is 17.2 Å². The largest absolute Gasteiger partial charge is 0.378 e. The van der Waals surface area contributed by atoms with Crippen LogP contribution in [-0.2, 0) is 17.9 Å². The van der Waals surface area contributed by atoms with E-state index in [4.69, 9.17) is 9.72 Å². The zero-order valence-corrected chi connectivity index (χ0v) is 14.0. The molecule has 0 aliphatic carbocycles. The molecule has 0 radical (unpaired) electrons. The van der Waals surface area contributed by atoms with Gasteiger partial charge in [0.2, 0.25) is 0 Å². The minimum atomic E-state index is 0.485. The third kappa shape index (κ3) is 3.91. The minimum absolute atomic E-state index is 0.485. The summed E-state index contributed by atoms with van der Waals surface area (Å²) in [5.74, 6) is 0.864. The molecular weight excluding hydrogens is 308 g/mol. The molecule has 6 heteroatoms. The number of thiazole rings is 1. The fraction of sp³-hybridized carbons (Fsp3) is 0.235. The summed E-state index contributed by atoms with van der Waals surface area (Å²) in [5.41, 5.74) is 3.03. The molecule has 0 unspecified atom stereocenters. The first-order valence-corrected chi connectivity index (χ1v) is 8.15. The predicted octanol–water partition coefficient (Wildman–Crippen LogP) is 3.38. The lowest BCUT2D eigenvalue weighted by Crippen LogP contribution is -2.18. The average Bonchev–Trinajstić information content (AvgIpc) is 3.05. The Morgan fingerprint density at radius 1 is 1.17 bits per heavy atom. The lowest BCUT2D eigenvalue weighted by atomic mass is 10.2. The second-order valence-corrected chi connectivity index (χ2v) is 6.09. The SMILES string of the molecule is COCc1cc(N(C)Cc2nc(-c3ccccc3)cs2)ncn1. The van der Waals surface area contributed by atoms with Gasteiger partial charge in [-0.25, -0.2) is 15.0 Å². The Morgan fingerprint density at radius 2 is 2.00 bits per heavy atom. The van der Waals surface area contributed by atoms with Gasteiger partial charge in [0.05, 0.1) is 24.5 Å². The van der Waals surface area contributed by atoms with Gasteiger partial charge in [-0.15, -0.1) is 11.3 Å². The highest BCUT2D eigenvalue weighted by atomic mass is 32.1. The van der Waals surface area contributed by atoms with E-state index >= 15 is 0 Å². The van der Waals surface area contributed by atoms with E-state index in [0.717, 1.165) is 27.8 Å². The van der Waals surface area contributed by atoms with Crippen LogP contribution in [0.3, 0.4) is 0 Å². The van der Waals surface area contributed by atoms with Crippen molar-refractivity contribution in [2.24, 2.45) is 0 Å². The maximum absolute atomic E-state index is 5.11. The van der Waals surface area contributed by atoms with Crippen LogP contribution < -0.4 is 4.90 Å². The van der Waals surface area contributed by atoms with Crippen molar-refractivity contribution < 1.29 is 4.74 Å². The quantitative estimate of drug-likeness (QED) is 0.695. The number of ether oxygens (including phenoxy) is 1. The molecule has 1 aromatic carbocycles. The molecule has 5 nitrogen and oxygen atoms in total. The lowest BCUT2D eigenvalue weighted by Gasteiger charge is -2.16. The number of rotatable bonds is 6. The highest BCUT2D eigenvalue weighted by Crippen LogP contribution is 2.23. The molecule has 2 heterocycles. The summed E-state index contributed by atoms with van der Waals surface area (Å²) in [5, 5.41) is 3.15. The molecule has 0 saturated carbocycles.